The monoisotopic (exact) mass is 143 g/mol. The van der Waals surface area contributed by atoms with E-state index in [9.17, 15) is 0 Å². The van der Waals surface area contributed by atoms with Crippen LogP contribution in [0.5, 0.6) is 0 Å². The van der Waals surface area contributed by atoms with E-state index in [0.717, 1.165) is 25.7 Å². The van der Waals surface area contributed by atoms with Gasteiger partial charge in [0.15, 0.2) is 0 Å². The molecule has 1 aliphatic carbocycles. The average molecular weight is 143 g/mol. The SMILES string of the molecule is CNC1CCC(N)(N)CC1. The molecule has 1 aliphatic rings. The summed E-state index contributed by atoms with van der Waals surface area (Å²) in [6.45, 7) is 0. The van der Waals surface area contributed by atoms with Gasteiger partial charge in [-0.1, -0.05) is 0 Å². The molecule has 0 aromatic heterocycles. The Hall–Kier alpha value is -0.120. The highest BCUT2D eigenvalue weighted by atomic mass is 15.0. The van der Waals surface area contributed by atoms with Crippen molar-refractivity contribution in [2.24, 2.45) is 11.5 Å². The minimum Gasteiger partial charge on any atom is -0.317 e. The van der Waals surface area contributed by atoms with Crippen LogP contribution in [0.25, 0.3) is 0 Å². The third-order valence-corrected chi connectivity index (χ3v) is 2.32. The maximum atomic E-state index is 5.74. The van der Waals surface area contributed by atoms with Crippen LogP contribution in [0.2, 0.25) is 0 Å². The molecule has 0 atom stereocenters. The van der Waals surface area contributed by atoms with Gasteiger partial charge in [0.1, 0.15) is 0 Å². The van der Waals surface area contributed by atoms with Crippen molar-refractivity contribution in [3.8, 4) is 0 Å². The van der Waals surface area contributed by atoms with Crippen molar-refractivity contribution in [2.45, 2.75) is 37.4 Å². The van der Waals surface area contributed by atoms with Crippen molar-refractivity contribution in [1.29, 1.82) is 0 Å². The highest BCUT2D eigenvalue weighted by Crippen LogP contribution is 2.21. The lowest BCUT2D eigenvalue weighted by atomic mass is 9.87. The molecule has 0 radical (unpaired) electrons. The molecule has 1 fully saturated rings. The van der Waals surface area contributed by atoms with Gasteiger partial charge in [-0.15, -0.1) is 0 Å². The molecule has 0 unspecified atom stereocenters. The first-order valence-electron chi connectivity index (χ1n) is 3.89. The summed E-state index contributed by atoms with van der Waals surface area (Å²) in [5.41, 5.74) is 11.1. The molecule has 0 aromatic rings. The summed E-state index contributed by atoms with van der Waals surface area (Å²) in [5.74, 6) is 0. The van der Waals surface area contributed by atoms with E-state index in [2.05, 4.69) is 5.32 Å². The molecule has 0 aromatic carbocycles. The summed E-state index contributed by atoms with van der Waals surface area (Å²) in [5, 5.41) is 3.23. The molecule has 3 nitrogen and oxygen atoms in total. The molecule has 60 valence electrons. The minimum absolute atomic E-state index is 0.382. The van der Waals surface area contributed by atoms with Crippen LogP contribution in [-0.4, -0.2) is 18.8 Å². The summed E-state index contributed by atoms with van der Waals surface area (Å²) in [6, 6.07) is 0.639. The molecule has 0 spiro atoms. The van der Waals surface area contributed by atoms with Crippen molar-refractivity contribution in [2.75, 3.05) is 7.05 Å². The quantitative estimate of drug-likeness (QED) is 0.444. The van der Waals surface area contributed by atoms with Crippen molar-refractivity contribution >= 4 is 0 Å². The van der Waals surface area contributed by atoms with Crippen LogP contribution >= 0.6 is 0 Å². The number of hydrogen-bond acceptors (Lipinski definition) is 3. The topological polar surface area (TPSA) is 64.1 Å². The van der Waals surface area contributed by atoms with Gasteiger partial charge in [-0.2, -0.15) is 0 Å². The second-order valence-electron chi connectivity index (χ2n) is 3.30. The summed E-state index contributed by atoms with van der Waals surface area (Å²) in [6.07, 6.45) is 4.12. The van der Waals surface area contributed by atoms with Crippen LogP contribution in [0.15, 0.2) is 0 Å². The standard InChI is InChI=1S/C7H17N3/c1-10-6-2-4-7(8,9)5-3-6/h6,10H,2-5,8-9H2,1H3. The molecule has 3 heteroatoms. The van der Waals surface area contributed by atoms with Crippen LogP contribution in [0.4, 0.5) is 0 Å². The summed E-state index contributed by atoms with van der Waals surface area (Å²) >= 11 is 0. The number of hydrogen-bond donors (Lipinski definition) is 3. The Morgan fingerprint density at radius 3 is 2.20 bits per heavy atom. The number of nitrogens with two attached hydrogens (primary N) is 2. The molecule has 0 amide bonds. The van der Waals surface area contributed by atoms with E-state index < -0.39 is 0 Å². The summed E-state index contributed by atoms with van der Waals surface area (Å²) < 4.78 is 0. The first-order chi connectivity index (χ1) is 4.64. The van der Waals surface area contributed by atoms with E-state index in [4.69, 9.17) is 11.5 Å². The van der Waals surface area contributed by atoms with Crippen molar-refractivity contribution in [3.63, 3.8) is 0 Å². The third-order valence-electron chi connectivity index (χ3n) is 2.32. The molecular formula is C7H17N3. The Morgan fingerprint density at radius 2 is 1.80 bits per heavy atom. The average Bonchev–Trinajstić information content (AvgIpc) is 1.88. The van der Waals surface area contributed by atoms with Crippen LogP contribution in [-0.2, 0) is 0 Å². The van der Waals surface area contributed by atoms with Crippen LogP contribution in [0.3, 0.4) is 0 Å². The Labute approximate surface area is 62.2 Å². The first-order valence-corrected chi connectivity index (χ1v) is 3.89. The Bertz CT molecular complexity index is 101. The molecular weight excluding hydrogens is 126 g/mol. The predicted molar refractivity (Wildman–Crippen MR) is 42.4 cm³/mol. The van der Waals surface area contributed by atoms with Gasteiger partial charge in [0.2, 0.25) is 0 Å². The highest BCUT2D eigenvalue weighted by molar-refractivity contribution is 4.86. The van der Waals surface area contributed by atoms with E-state index >= 15 is 0 Å². The normalized spacial score (nSPS) is 26.7. The zero-order valence-electron chi connectivity index (χ0n) is 6.56. The lowest BCUT2D eigenvalue weighted by Crippen LogP contribution is -2.53. The molecule has 5 N–H and O–H groups in total. The zero-order chi connectivity index (χ0) is 7.61. The van der Waals surface area contributed by atoms with Crippen LogP contribution in [0, 0.1) is 0 Å². The van der Waals surface area contributed by atoms with E-state index in [1.807, 2.05) is 7.05 Å². The second-order valence-corrected chi connectivity index (χ2v) is 3.30. The molecule has 0 bridgehead atoms. The summed E-state index contributed by atoms with van der Waals surface area (Å²) in [7, 11) is 1.99. The van der Waals surface area contributed by atoms with E-state index in [1.165, 1.54) is 0 Å². The van der Waals surface area contributed by atoms with Gasteiger partial charge in [0, 0.05) is 6.04 Å². The van der Waals surface area contributed by atoms with Gasteiger partial charge >= 0.3 is 0 Å². The highest BCUT2D eigenvalue weighted by Gasteiger charge is 2.26. The van der Waals surface area contributed by atoms with Gasteiger partial charge in [0.25, 0.3) is 0 Å². The number of rotatable bonds is 1. The smallest absolute Gasteiger partial charge is 0.0637 e. The molecule has 0 heterocycles. The Morgan fingerprint density at radius 1 is 1.30 bits per heavy atom. The lowest BCUT2D eigenvalue weighted by Gasteiger charge is -2.33. The molecule has 0 aliphatic heterocycles. The van der Waals surface area contributed by atoms with E-state index in [-0.39, 0.29) is 5.66 Å². The van der Waals surface area contributed by atoms with E-state index in [1.54, 1.807) is 0 Å². The maximum Gasteiger partial charge on any atom is 0.0637 e. The number of nitrogens with one attached hydrogen (secondary N) is 1. The minimum atomic E-state index is -0.382. The molecule has 10 heavy (non-hydrogen) atoms. The van der Waals surface area contributed by atoms with Gasteiger partial charge in [-0.25, -0.2) is 0 Å². The van der Waals surface area contributed by atoms with Gasteiger partial charge in [-0.05, 0) is 32.7 Å². The molecule has 1 saturated carbocycles. The Kier molecular flexibility index (Phi) is 2.28. The molecule has 1 rings (SSSR count). The van der Waals surface area contributed by atoms with Crippen molar-refractivity contribution < 1.29 is 0 Å². The maximum absolute atomic E-state index is 5.74. The van der Waals surface area contributed by atoms with Crippen LogP contribution in [0.1, 0.15) is 25.7 Å². The lowest BCUT2D eigenvalue weighted by molar-refractivity contribution is 0.263. The predicted octanol–water partition coefficient (Wildman–Crippen LogP) is -0.238. The van der Waals surface area contributed by atoms with Crippen molar-refractivity contribution in [1.82, 2.24) is 5.32 Å². The fourth-order valence-electron chi connectivity index (χ4n) is 1.44. The van der Waals surface area contributed by atoms with Gasteiger partial charge in [0.05, 0.1) is 5.66 Å². The fourth-order valence-corrected chi connectivity index (χ4v) is 1.44. The molecule has 0 saturated heterocycles. The van der Waals surface area contributed by atoms with Crippen LogP contribution < -0.4 is 16.8 Å². The van der Waals surface area contributed by atoms with Gasteiger partial charge in [-0.3, -0.25) is 0 Å². The first kappa shape index (κ1) is 7.98. The summed E-state index contributed by atoms with van der Waals surface area (Å²) in [4.78, 5) is 0. The second kappa shape index (κ2) is 2.86. The van der Waals surface area contributed by atoms with Gasteiger partial charge < -0.3 is 16.8 Å². The fraction of sp³-hybridized carbons (Fsp3) is 1.00. The van der Waals surface area contributed by atoms with Crippen molar-refractivity contribution in [3.05, 3.63) is 0 Å². The van der Waals surface area contributed by atoms with E-state index in [0.29, 0.717) is 6.04 Å². The third kappa shape index (κ3) is 1.94. The zero-order valence-corrected chi connectivity index (χ0v) is 6.56. The Balaban J connectivity index is 2.31. The largest absolute Gasteiger partial charge is 0.317 e.